The molecule has 2 unspecified atom stereocenters. The second kappa shape index (κ2) is 56.1. The van der Waals surface area contributed by atoms with Crippen molar-refractivity contribution in [3.05, 3.63) is 122 Å². The van der Waals surface area contributed by atoms with Crippen LogP contribution in [-0.2, 0) is 4.79 Å². The molecule has 0 aliphatic rings. The Labute approximate surface area is 409 Å². The highest BCUT2D eigenvalue weighted by molar-refractivity contribution is 5.76. The molecule has 0 saturated heterocycles. The monoisotopic (exact) mass is 912 g/mol. The summed E-state index contributed by atoms with van der Waals surface area (Å²) in [5.41, 5.74) is 0. The van der Waals surface area contributed by atoms with E-state index in [4.69, 9.17) is 0 Å². The molecule has 0 fully saturated rings. The lowest BCUT2D eigenvalue weighted by atomic mass is 10.0. The van der Waals surface area contributed by atoms with Gasteiger partial charge < -0.3 is 15.5 Å². The molecule has 376 valence electrons. The Bertz CT molecular complexity index is 1310. The summed E-state index contributed by atoms with van der Waals surface area (Å²) >= 11 is 0. The Hall–Kier alpha value is -3.21. The van der Waals surface area contributed by atoms with E-state index in [0.717, 1.165) is 83.5 Å². The maximum atomic E-state index is 12.4. The number of carbonyl (C=O) groups excluding carboxylic acids is 1. The molecule has 1 amide bonds. The maximum absolute atomic E-state index is 12.4. The van der Waals surface area contributed by atoms with Gasteiger partial charge in [-0.15, -0.1) is 0 Å². The highest BCUT2D eigenvalue weighted by Gasteiger charge is 2.18. The zero-order valence-electron chi connectivity index (χ0n) is 43.2. The van der Waals surface area contributed by atoms with Crippen LogP contribution in [0.4, 0.5) is 0 Å². The minimum Gasteiger partial charge on any atom is -0.394 e. The number of amides is 1. The van der Waals surface area contributed by atoms with E-state index in [1.54, 1.807) is 6.08 Å². The van der Waals surface area contributed by atoms with Crippen LogP contribution in [0.2, 0.25) is 0 Å². The fraction of sp³-hybridized carbons (Fsp3) is 0.661. The van der Waals surface area contributed by atoms with Gasteiger partial charge in [0, 0.05) is 6.42 Å². The molecule has 4 nitrogen and oxygen atoms in total. The molecule has 0 aromatic heterocycles. The van der Waals surface area contributed by atoms with Gasteiger partial charge in [0.2, 0.25) is 5.91 Å². The van der Waals surface area contributed by atoms with Crippen LogP contribution >= 0.6 is 0 Å². The molecule has 0 aliphatic carbocycles. The Balaban J connectivity index is 3.59. The van der Waals surface area contributed by atoms with Crippen molar-refractivity contribution in [3.8, 4) is 0 Å². The number of nitrogens with one attached hydrogen (secondary N) is 1. The van der Waals surface area contributed by atoms with Gasteiger partial charge in [-0.2, -0.15) is 0 Å². The van der Waals surface area contributed by atoms with Crippen LogP contribution in [0, 0.1) is 0 Å². The van der Waals surface area contributed by atoms with Gasteiger partial charge in [0.25, 0.3) is 0 Å². The zero-order chi connectivity index (χ0) is 47.7. The van der Waals surface area contributed by atoms with Gasteiger partial charge >= 0.3 is 0 Å². The number of hydrogen-bond donors (Lipinski definition) is 3. The fourth-order valence-corrected chi connectivity index (χ4v) is 7.76. The van der Waals surface area contributed by atoms with Crippen LogP contribution < -0.4 is 5.32 Å². The van der Waals surface area contributed by atoms with Crippen molar-refractivity contribution < 1.29 is 15.0 Å². The van der Waals surface area contributed by atoms with E-state index < -0.39 is 12.1 Å². The van der Waals surface area contributed by atoms with Gasteiger partial charge in [-0.3, -0.25) is 4.79 Å². The van der Waals surface area contributed by atoms with Crippen LogP contribution in [0.5, 0.6) is 0 Å². The number of carbonyl (C=O) groups is 1. The Morgan fingerprint density at radius 2 is 0.667 bits per heavy atom. The van der Waals surface area contributed by atoms with Gasteiger partial charge in [0.15, 0.2) is 0 Å². The van der Waals surface area contributed by atoms with E-state index >= 15 is 0 Å². The highest BCUT2D eigenvalue weighted by atomic mass is 16.3. The molecule has 0 aromatic carbocycles. The average Bonchev–Trinajstić information content (AvgIpc) is 3.32. The van der Waals surface area contributed by atoms with Gasteiger partial charge in [-0.05, 0) is 89.9 Å². The van der Waals surface area contributed by atoms with Crippen molar-refractivity contribution in [2.75, 3.05) is 6.61 Å². The molecule has 2 atom stereocenters. The Kier molecular flexibility index (Phi) is 53.4. The summed E-state index contributed by atoms with van der Waals surface area (Å²) in [5, 5.41) is 23.1. The fourth-order valence-electron chi connectivity index (χ4n) is 7.76. The number of rotatable bonds is 49. The first kappa shape index (κ1) is 62.8. The van der Waals surface area contributed by atoms with Crippen LogP contribution in [0.3, 0.4) is 0 Å². The molecular formula is C62H105NO3. The third-order valence-corrected chi connectivity index (χ3v) is 12.0. The van der Waals surface area contributed by atoms with Crippen LogP contribution in [0.15, 0.2) is 122 Å². The van der Waals surface area contributed by atoms with Gasteiger partial charge in [0.05, 0.1) is 18.8 Å². The largest absolute Gasteiger partial charge is 0.394 e. The van der Waals surface area contributed by atoms with Gasteiger partial charge in [-0.25, -0.2) is 0 Å². The standard InChI is InChI=1S/C62H105NO3/c1-3-5-7-9-11-13-15-17-19-20-21-22-23-24-25-26-27-28-29-30-31-32-33-34-35-36-37-38-39-40-41-42-44-46-48-50-52-54-56-58-62(66)63-60(59-64)61(65)57-55-53-51-49-47-45-43-18-16-14-12-10-8-6-4-2/h5,7,11,13,17,19,21-22,24-25,27-28,30-31,33-34,36-37,55,57,60-61,64-65H,3-4,6,8-10,12,14-16,18,20,23,26,29,32,35,38-54,56,58-59H2,1-2H3,(H,63,66)/b7-5-,13-11-,19-17-,22-21-,25-24-,28-27-,31-30-,34-33-,37-36-,57-55+. The molecule has 0 rings (SSSR count). The predicted octanol–water partition coefficient (Wildman–Crippen LogP) is 18.5. The quantitative estimate of drug-likeness (QED) is 0.0421. The summed E-state index contributed by atoms with van der Waals surface area (Å²) in [6.07, 6.45) is 86.3. The van der Waals surface area contributed by atoms with E-state index in [2.05, 4.69) is 129 Å². The molecular weight excluding hydrogens is 807 g/mol. The predicted molar refractivity (Wildman–Crippen MR) is 294 cm³/mol. The average molecular weight is 913 g/mol. The first-order valence-corrected chi connectivity index (χ1v) is 27.7. The van der Waals surface area contributed by atoms with Crippen LogP contribution in [-0.4, -0.2) is 34.9 Å². The summed E-state index contributed by atoms with van der Waals surface area (Å²) < 4.78 is 0. The molecule has 0 bridgehead atoms. The van der Waals surface area contributed by atoms with Crippen molar-refractivity contribution in [2.24, 2.45) is 0 Å². The zero-order valence-corrected chi connectivity index (χ0v) is 43.2. The number of aliphatic hydroxyl groups excluding tert-OH is 2. The lowest BCUT2D eigenvalue weighted by Crippen LogP contribution is -2.45. The summed E-state index contributed by atoms with van der Waals surface area (Å²) in [6, 6.07) is -0.631. The normalized spacial score (nSPS) is 13.8. The van der Waals surface area contributed by atoms with Crippen molar-refractivity contribution in [2.45, 2.75) is 257 Å². The van der Waals surface area contributed by atoms with Crippen molar-refractivity contribution in [1.82, 2.24) is 5.32 Å². The minimum absolute atomic E-state index is 0.0716. The summed E-state index contributed by atoms with van der Waals surface area (Å²) in [4.78, 5) is 12.4. The number of unbranched alkanes of at least 4 members (excludes halogenated alkanes) is 24. The number of hydrogen-bond acceptors (Lipinski definition) is 3. The number of allylic oxidation sites excluding steroid dienone is 19. The molecule has 0 aliphatic heterocycles. The molecule has 0 spiro atoms. The molecule has 0 radical (unpaired) electrons. The Morgan fingerprint density at radius 1 is 0.379 bits per heavy atom. The van der Waals surface area contributed by atoms with Crippen LogP contribution in [0.25, 0.3) is 0 Å². The summed E-state index contributed by atoms with van der Waals surface area (Å²) in [7, 11) is 0. The molecule has 0 aromatic rings. The molecule has 0 saturated carbocycles. The van der Waals surface area contributed by atoms with E-state index in [1.807, 2.05) is 6.08 Å². The van der Waals surface area contributed by atoms with E-state index in [-0.39, 0.29) is 12.5 Å². The summed E-state index contributed by atoms with van der Waals surface area (Å²) in [5.74, 6) is -0.0716. The van der Waals surface area contributed by atoms with Crippen molar-refractivity contribution in [3.63, 3.8) is 0 Å². The minimum atomic E-state index is -0.847. The first-order chi connectivity index (χ1) is 32.7. The molecule has 0 heterocycles. The third kappa shape index (κ3) is 51.8. The van der Waals surface area contributed by atoms with E-state index in [9.17, 15) is 15.0 Å². The lowest BCUT2D eigenvalue weighted by molar-refractivity contribution is -0.123. The number of aliphatic hydroxyl groups is 2. The third-order valence-electron chi connectivity index (χ3n) is 12.0. The van der Waals surface area contributed by atoms with Crippen LogP contribution in [0.1, 0.15) is 245 Å². The second-order valence-electron chi connectivity index (χ2n) is 18.3. The van der Waals surface area contributed by atoms with Gasteiger partial charge in [-0.1, -0.05) is 270 Å². The molecule has 4 heteroatoms. The molecule has 3 N–H and O–H groups in total. The lowest BCUT2D eigenvalue weighted by Gasteiger charge is -2.20. The SMILES string of the molecule is CC/C=C\C/C=C\C/C=C\C/C=C\C/C=C\C/C=C\C/C=C\C/C=C\C/C=C\CCCCCCCCCCCCCC(=O)NC(CO)C(O)/C=C/CCCCCCCCCCCCCCC. The highest BCUT2D eigenvalue weighted by Crippen LogP contribution is 2.15. The summed E-state index contributed by atoms with van der Waals surface area (Å²) in [6.45, 7) is 4.19. The first-order valence-electron chi connectivity index (χ1n) is 27.7. The topological polar surface area (TPSA) is 69.6 Å². The van der Waals surface area contributed by atoms with Gasteiger partial charge in [0.1, 0.15) is 0 Å². The smallest absolute Gasteiger partial charge is 0.220 e. The van der Waals surface area contributed by atoms with E-state index in [1.165, 1.54) is 141 Å². The molecule has 66 heavy (non-hydrogen) atoms. The second-order valence-corrected chi connectivity index (χ2v) is 18.3. The van der Waals surface area contributed by atoms with Crippen molar-refractivity contribution in [1.29, 1.82) is 0 Å². The van der Waals surface area contributed by atoms with Crippen molar-refractivity contribution >= 4 is 5.91 Å². The Morgan fingerprint density at radius 3 is 1.00 bits per heavy atom. The maximum Gasteiger partial charge on any atom is 0.220 e. The van der Waals surface area contributed by atoms with E-state index in [0.29, 0.717) is 6.42 Å².